The Morgan fingerprint density at radius 1 is 1.43 bits per heavy atom. The Labute approximate surface area is 136 Å². The molecule has 0 amide bonds. The van der Waals surface area contributed by atoms with E-state index in [2.05, 4.69) is 26.2 Å². The first-order chi connectivity index (χ1) is 9.63. The molecule has 2 aromatic rings. The van der Waals surface area contributed by atoms with E-state index < -0.39 is 12.0 Å². The lowest BCUT2D eigenvalue weighted by molar-refractivity contribution is -0.139. The first-order valence-electron chi connectivity index (χ1n) is 6.30. The van der Waals surface area contributed by atoms with Crippen LogP contribution in [0.2, 0.25) is 0 Å². The molecule has 112 valence electrons. The van der Waals surface area contributed by atoms with E-state index in [0.29, 0.717) is 18.8 Å². The average Bonchev–Trinajstić information content (AvgIpc) is 2.88. The normalized spacial score (nSPS) is 21.0. The maximum Gasteiger partial charge on any atom is 0.320 e. The number of aromatic nitrogens is 1. The third-order valence-electron chi connectivity index (χ3n) is 3.36. The lowest BCUT2D eigenvalue weighted by Gasteiger charge is -2.13. The average molecular weight is 374 g/mol. The van der Waals surface area contributed by atoms with Crippen molar-refractivity contribution in [2.24, 2.45) is 0 Å². The zero-order valence-corrected chi connectivity index (χ0v) is 13.4. The number of hydrogen-bond donors (Lipinski definition) is 2. The molecule has 1 aliphatic heterocycles. The number of aliphatic carboxylic acids is 1. The third kappa shape index (κ3) is 3.45. The van der Waals surface area contributed by atoms with E-state index >= 15 is 0 Å². The van der Waals surface area contributed by atoms with Crippen LogP contribution in [0.5, 0.6) is 5.88 Å². The monoisotopic (exact) mass is 372 g/mol. The fraction of sp³-hybridized carbons (Fsp3) is 0.286. The van der Waals surface area contributed by atoms with Crippen molar-refractivity contribution in [1.82, 2.24) is 10.3 Å². The summed E-state index contributed by atoms with van der Waals surface area (Å²) in [6.45, 7) is 0.517. The molecule has 1 aromatic carbocycles. The van der Waals surface area contributed by atoms with Crippen molar-refractivity contribution >= 4 is 45.1 Å². The van der Waals surface area contributed by atoms with E-state index in [1.165, 1.54) is 0 Å². The minimum absolute atomic E-state index is 0. The summed E-state index contributed by atoms with van der Waals surface area (Å²) in [4.78, 5) is 15.2. The van der Waals surface area contributed by atoms with Gasteiger partial charge in [0.15, 0.2) is 0 Å². The van der Waals surface area contributed by atoms with Gasteiger partial charge in [0.05, 0.1) is 0 Å². The number of carboxylic acids is 1. The molecule has 2 N–H and O–H groups in total. The van der Waals surface area contributed by atoms with Gasteiger partial charge in [-0.05, 0) is 23.6 Å². The largest absolute Gasteiger partial charge is 0.480 e. The summed E-state index contributed by atoms with van der Waals surface area (Å²) in [6, 6.07) is 7.28. The lowest BCUT2D eigenvalue weighted by Crippen LogP contribution is -2.30. The van der Waals surface area contributed by atoms with Crippen molar-refractivity contribution in [2.45, 2.75) is 18.6 Å². The molecule has 2 heterocycles. The standard InChI is InChI=1S/C14H13BrN2O3.ClH/c15-9-2-1-8-3-4-16-13(11(8)5-9)20-10-6-12(14(18)19)17-7-10;/h1-5,10,12,17H,6-7H2,(H,18,19);1H/t10-,12+;/m1./s1. The van der Waals surface area contributed by atoms with Crippen LogP contribution in [0.25, 0.3) is 10.8 Å². The van der Waals surface area contributed by atoms with Crippen LogP contribution >= 0.6 is 28.3 Å². The predicted octanol–water partition coefficient (Wildman–Crippen LogP) is 2.61. The van der Waals surface area contributed by atoms with E-state index in [1.54, 1.807) is 6.20 Å². The van der Waals surface area contributed by atoms with Gasteiger partial charge in [0, 0.05) is 29.0 Å². The summed E-state index contributed by atoms with van der Waals surface area (Å²) >= 11 is 3.43. The minimum atomic E-state index is -0.843. The van der Waals surface area contributed by atoms with Gasteiger partial charge in [-0.1, -0.05) is 22.0 Å². The molecule has 3 rings (SSSR count). The van der Waals surface area contributed by atoms with Crippen LogP contribution in [0.1, 0.15) is 6.42 Å². The summed E-state index contributed by atoms with van der Waals surface area (Å²) in [6.07, 6.45) is 1.97. The van der Waals surface area contributed by atoms with Crippen molar-refractivity contribution in [1.29, 1.82) is 0 Å². The Bertz CT molecular complexity index is 668. The molecular weight excluding hydrogens is 360 g/mol. The zero-order valence-electron chi connectivity index (χ0n) is 11.0. The van der Waals surface area contributed by atoms with Crippen LogP contribution in [-0.4, -0.2) is 34.8 Å². The van der Waals surface area contributed by atoms with E-state index in [9.17, 15) is 4.79 Å². The first-order valence-corrected chi connectivity index (χ1v) is 7.10. The van der Waals surface area contributed by atoms with E-state index in [4.69, 9.17) is 9.84 Å². The van der Waals surface area contributed by atoms with Crippen LogP contribution in [0.3, 0.4) is 0 Å². The van der Waals surface area contributed by atoms with Gasteiger partial charge in [0.1, 0.15) is 12.1 Å². The summed E-state index contributed by atoms with van der Waals surface area (Å²) in [5.41, 5.74) is 0. The number of fused-ring (bicyclic) bond motifs is 1. The van der Waals surface area contributed by atoms with Gasteiger partial charge >= 0.3 is 5.97 Å². The Balaban J connectivity index is 0.00000161. The molecule has 5 nitrogen and oxygen atoms in total. The number of hydrogen-bond acceptors (Lipinski definition) is 4. The van der Waals surface area contributed by atoms with Gasteiger partial charge in [-0.25, -0.2) is 4.98 Å². The molecule has 0 radical (unpaired) electrons. The third-order valence-corrected chi connectivity index (χ3v) is 3.85. The Hall–Kier alpha value is -1.37. The van der Waals surface area contributed by atoms with Crippen LogP contribution < -0.4 is 10.1 Å². The van der Waals surface area contributed by atoms with Crippen LogP contribution in [0.4, 0.5) is 0 Å². The number of benzene rings is 1. The number of carbonyl (C=O) groups is 1. The second-order valence-corrected chi connectivity index (χ2v) is 5.67. The van der Waals surface area contributed by atoms with Crippen LogP contribution in [0, 0.1) is 0 Å². The molecule has 0 spiro atoms. The second-order valence-electron chi connectivity index (χ2n) is 4.76. The van der Waals surface area contributed by atoms with Gasteiger partial charge in [0.25, 0.3) is 0 Å². The molecule has 0 aliphatic carbocycles. The van der Waals surface area contributed by atoms with Gasteiger partial charge in [-0.15, -0.1) is 12.4 Å². The number of carboxylic acid groups (broad SMARTS) is 1. The molecule has 2 atom stereocenters. The number of pyridine rings is 1. The molecule has 1 fully saturated rings. The highest BCUT2D eigenvalue weighted by Crippen LogP contribution is 2.28. The minimum Gasteiger partial charge on any atom is -0.480 e. The number of nitrogens with zero attached hydrogens (tertiary/aromatic N) is 1. The molecule has 1 saturated heterocycles. The zero-order chi connectivity index (χ0) is 14.1. The number of ether oxygens (including phenoxy) is 1. The van der Waals surface area contributed by atoms with Crippen molar-refractivity contribution < 1.29 is 14.6 Å². The summed E-state index contributed by atoms with van der Waals surface area (Å²) in [7, 11) is 0. The highest BCUT2D eigenvalue weighted by molar-refractivity contribution is 9.10. The van der Waals surface area contributed by atoms with E-state index in [1.807, 2.05) is 24.3 Å². The fourth-order valence-corrected chi connectivity index (χ4v) is 2.71. The van der Waals surface area contributed by atoms with Gasteiger partial charge in [0.2, 0.25) is 5.88 Å². The lowest BCUT2D eigenvalue weighted by atomic mass is 10.1. The highest BCUT2D eigenvalue weighted by Gasteiger charge is 2.30. The Kier molecular flexibility index (Phi) is 5.03. The molecule has 7 heteroatoms. The second kappa shape index (κ2) is 6.60. The smallest absolute Gasteiger partial charge is 0.320 e. The molecule has 1 aromatic heterocycles. The van der Waals surface area contributed by atoms with Crippen LogP contribution in [0.15, 0.2) is 34.9 Å². The van der Waals surface area contributed by atoms with Crippen molar-refractivity contribution in [3.63, 3.8) is 0 Å². The van der Waals surface area contributed by atoms with Crippen molar-refractivity contribution in [2.75, 3.05) is 6.54 Å². The molecule has 0 unspecified atom stereocenters. The number of rotatable bonds is 3. The summed E-state index contributed by atoms with van der Waals surface area (Å²) in [5, 5.41) is 13.8. The van der Waals surface area contributed by atoms with Crippen LogP contribution in [-0.2, 0) is 4.79 Å². The Morgan fingerprint density at radius 3 is 2.95 bits per heavy atom. The van der Waals surface area contributed by atoms with Gasteiger partial charge in [-0.3, -0.25) is 4.79 Å². The predicted molar refractivity (Wildman–Crippen MR) is 85.2 cm³/mol. The summed E-state index contributed by atoms with van der Waals surface area (Å²) < 4.78 is 6.82. The fourth-order valence-electron chi connectivity index (χ4n) is 2.35. The van der Waals surface area contributed by atoms with Crippen molar-refractivity contribution in [3.8, 4) is 5.88 Å². The topological polar surface area (TPSA) is 71.5 Å². The quantitative estimate of drug-likeness (QED) is 0.865. The Morgan fingerprint density at radius 2 is 2.24 bits per heavy atom. The molecule has 1 aliphatic rings. The van der Waals surface area contributed by atoms with Crippen molar-refractivity contribution in [3.05, 3.63) is 34.9 Å². The van der Waals surface area contributed by atoms with E-state index in [0.717, 1.165) is 15.2 Å². The SMILES string of the molecule is Cl.O=C(O)[C@@H]1C[C@@H](Oc2nccc3ccc(Br)cc23)CN1. The molecule has 21 heavy (non-hydrogen) atoms. The maximum atomic E-state index is 10.9. The maximum absolute atomic E-state index is 10.9. The highest BCUT2D eigenvalue weighted by atomic mass is 79.9. The molecule has 0 saturated carbocycles. The first kappa shape index (κ1) is 16.0. The molecule has 0 bridgehead atoms. The molecular formula is C14H14BrClN2O3. The van der Waals surface area contributed by atoms with E-state index in [-0.39, 0.29) is 18.5 Å². The van der Waals surface area contributed by atoms with Gasteiger partial charge < -0.3 is 15.2 Å². The van der Waals surface area contributed by atoms with Gasteiger partial charge in [-0.2, -0.15) is 0 Å². The number of halogens is 2. The number of nitrogens with one attached hydrogen (secondary N) is 1. The summed E-state index contributed by atoms with van der Waals surface area (Å²) in [5.74, 6) is -0.300.